The molecular formula is C22H24ClN3O2. The van der Waals surface area contributed by atoms with Crippen molar-refractivity contribution in [2.24, 2.45) is 0 Å². The number of nitrogens with zero attached hydrogens (tertiary/aromatic N) is 2. The van der Waals surface area contributed by atoms with Crippen LogP contribution in [0.4, 0.5) is 10.5 Å². The van der Waals surface area contributed by atoms with Gasteiger partial charge in [-0.2, -0.15) is 0 Å². The van der Waals surface area contributed by atoms with Crippen molar-refractivity contribution in [3.05, 3.63) is 64.7 Å². The van der Waals surface area contributed by atoms with E-state index in [-0.39, 0.29) is 18.0 Å². The first kappa shape index (κ1) is 18.8. The normalized spacial score (nSPS) is 19.3. The molecule has 0 bridgehead atoms. The molecule has 3 amide bonds. The molecule has 2 fully saturated rings. The van der Waals surface area contributed by atoms with Crippen LogP contribution in [0.2, 0.25) is 5.02 Å². The van der Waals surface area contributed by atoms with Crippen molar-refractivity contribution < 1.29 is 9.59 Å². The number of hydrogen-bond donors (Lipinski definition) is 1. The van der Waals surface area contributed by atoms with Crippen LogP contribution in [0.1, 0.15) is 42.9 Å². The third kappa shape index (κ3) is 3.99. The summed E-state index contributed by atoms with van der Waals surface area (Å²) in [4.78, 5) is 28.5. The van der Waals surface area contributed by atoms with Crippen LogP contribution in [0, 0.1) is 0 Å². The second kappa shape index (κ2) is 8.23. The third-order valence-electron chi connectivity index (χ3n) is 5.51. The number of rotatable bonds is 4. The Hall–Kier alpha value is -2.53. The first-order valence-corrected chi connectivity index (χ1v) is 10.2. The lowest BCUT2D eigenvalue weighted by molar-refractivity contribution is -0.117. The van der Waals surface area contributed by atoms with Gasteiger partial charge in [0.1, 0.15) is 0 Å². The summed E-state index contributed by atoms with van der Waals surface area (Å²) in [6.45, 7) is 1.96. The number of carbonyl (C=O) groups excluding carboxylic acids is 2. The molecule has 0 spiro atoms. The SMILES string of the molecule is O=C1CCCN1c1cccc(CNC(=O)N2CCCC2c2ccc(Cl)cc2)c1. The smallest absolute Gasteiger partial charge is 0.318 e. The van der Waals surface area contributed by atoms with Crippen molar-refractivity contribution in [3.63, 3.8) is 0 Å². The molecule has 0 aromatic heterocycles. The Balaban J connectivity index is 1.40. The Labute approximate surface area is 170 Å². The van der Waals surface area contributed by atoms with Gasteiger partial charge in [0.15, 0.2) is 0 Å². The summed E-state index contributed by atoms with van der Waals surface area (Å²) in [6.07, 6.45) is 3.47. The Morgan fingerprint density at radius 1 is 1.11 bits per heavy atom. The predicted molar refractivity (Wildman–Crippen MR) is 110 cm³/mol. The van der Waals surface area contributed by atoms with E-state index in [9.17, 15) is 9.59 Å². The maximum atomic E-state index is 12.8. The van der Waals surface area contributed by atoms with Crippen LogP contribution in [0.15, 0.2) is 48.5 Å². The maximum absolute atomic E-state index is 12.8. The highest BCUT2D eigenvalue weighted by Crippen LogP contribution is 2.32. The number of anilines is 1. The largest absolute Gasteiger partial charge is 0.334 e. The number of hydrogen-bond acceptors (Lipinski definition) is 2. The molecule has 2 saturated heterocycles. The standard InChI is InChI=1S/C22H24ClN3O2/c23-18-10-8-17(9-11-18)20-6-2-13-26(20)22(28)24-15-16-4-1-5-19(14-16)25-12-3-7-21(25)27/h1,4-5,8-11,14,20H,2-3,6-7,12-13,15H2,(H,24,28). The molecule has 1 unspecified atom stereocenters. The molecule has 28 heavy (non-hydrogen) atoms. The number of benzene rings is 2. The molecular weight excluding hydrogens is 374 g/mol. The van der Waals surface area contributed by atoms with Crippen LogP contribution >= 0.6 is 11.6 Å². The van der Waals surface area contributed by atoms with E-state index in [2.05, 4.69) is 5.32 Å². The fourth-order valence-corrected chi connectivity index (χ4v) is 4.20. The molecule has 2 aromatic rings. The van der Waals surface area contributed by atoms with Crippen molar-refractivity contribution in [2.45, 2.75) is 38.3 Å². The summed E-state index contributed by atoms with van der Waals surface area (Å²) in [5, 5.41) is 3.74. The van der Waals surface area contributed by atoms with Gasteiger partial charge in [0, 0.05) is 36.8 Å². The van der Waals surface area contributed by atoms with E-state index >= 15 is 0 Å². The van der Waals surface area contributed by atoms with E-state index in [4.69, 9.17) is 11.6 Å². The minimum atomic E-state index is -0.0555. The number of amides is 3. The van der Waals surface area contributed by atoms with Crippen LogP contribution in [-0.4, -0.2) is 29.9 Å². The van der Waals surface area contributed by atoms with Gasteiger partial charge in [-0.1, -0.05) is 35.9 Å². The Morgan fingerprint density at radius 2 is 1.93 bits per heavy atom. The van der Waals surface area contributed by atoms with Crippen LogP contribution < -0.4 is 10.2 Å². The molecule has 1 N–H and O–H groups in total. The minimum Gasteiger partial charge on any atom is -0.334 e. The fourth-order valence-electron chi connectivity index (χ4n) is 4.08. The van der Waals surface area contributed by atoms with Crippen molar-refractivity contribution in [1.29, 1.82) is 0 Å². The molecule has 4 rings (SSSR count). The van der Waals surface area contributed by atoms with Gasteiger partial charge in [0.2, 0.25) is 5.91 Å². The monoisotopic (exact) mass is 397 g/mol. The average molecular weight is 398 g/mol. The highest BCUT2D eigenvalue weighted by molar-refractivity contribution is 6.30. The zero-order valence-corrected chi connectivity index (χ0v) is 16.5. The number of urea groups is 1. The van der Waals surface area contributed by atoms with Crippen LogP contribution in [-0.2, 0) is 11.3 Å². The van der Waals surface area contributed by atoms with E-state index in [1.807, 2.05) is 58.3 Å². The van der Waals surface area contributed by atoms with E-state index in [1.165, 1.54) is 0 Å². The summed E-state index contributed by atoms with van der Waals surface area (Å²) in [5.41, 5.74) is 3.02. The molecule has 2 aliphatic rings. The molecule has 2 heterocycles. The summed E-state index contributed by atoms with van der Waals surface area (Å²) < 4.78 is 0. The quantitative estimate of drug-likeness (QED) is 0.824. The highest BCUT2D eigenvalue weighted by Gasteiger charge is 2.29. The van der Waals surface area contributed by atoms with Gasteiger partial charge in [-0.05, 0) is 54.7 Å². The van der Waals surface area contributed by atoms with Crippen molar-refractivity contribution in [2.75, 3.05) is 18.0 Å². The van der Waals surface area contributed by atoms with Gasteiger partial charge in [0.05, 0.1) is 6.04 Å². The summed E-state index contributed by atoms with van der Waals surface area (Å²) in [6, 6.07) is 15.6. The van der Waals surface area contributed by atoms with Crippen molar-refractivity contribution in [1.82, 2.24) is 10.2 Å². The van der Waals surface area contributed by atoms with E-state index in [1.54, 1.807) is 0 Å². The molecule has 1 atom stereocenters. The lowest BCUT2D eigenvalue weighted by Gasteiger charge is -2.25. The molecule has 5 nitrogen and oxygen atoms in total. The molecule has 2 aliphatic heterocycles. The van der Waals surface area contributed by atoms with Gasteiger partial charge in [-0.15, -0.1) is 0 Å². The maximum Gasteiger partial charge on any atom is 0.318 e. The average Bonchev–Trinajstić information content (AvgIpc) is 3.36. The summed E-state index contributed by atoms with van der Waals surface area (Å²) in [5.74, 6) is 0.170. The highest BCUT2D eigenvalue weighted by atomic mass is 35.5. The van der Waals surface area contributed by atoms with Crippen molar-refractivity contribution in [3.8, 4) is 0 Å². The van der Waals surface area contributed by atoms with Gasteiger partial charge in [-0.3, -0.25) is 4.79 Å². The van der Waals surface area contributed by atoms with E-state index in [0.717, 1.165) is 49.2 Å². The Morgan fingerprint density at radius 3 is 2.68 bits per heavy atom. The summed E-state index contributed by atoms with van der Waals surface area (Å²) in [7, 11) is 0. The van der Waals surface area contributed by atoms with Crippen LogP contribution in [0.25, 0.3) is 0 Å². The first-order chi connectivity index (χ1) is 13.6. The van der Waals surface area contributed by atoms with E-state index in [0.29, 0.717) is 18.0 Å². The minimum absolute atomic E-state index is 0.0555. The lowest BCUT2D eigenvalue weighted by Crippen LogP contribution is -2.39. The fraction of sp³-hybridized carbons (Fsp3) is 0.364. The predicted octanol–water partition coefficient (Wildman–Crippen LogP) is 4.51. The number of likely N-dealkylation sites (tertiary alicyclic amines) is 1. The number of nitrogens with one attached hydrogen (secondary N) is 1. The van der Waals surface area contributed by atoms with Gasteiger partial charge >= 0.3 is 6.03 Å². The second-order valence-electron chi connectivity index (χ2n) is 7.38. The lowest BCUT2D eigenvalue weighted by atomic mass is 10.1. The van der Waals surface area contributed by atoms with Crippen LogP contribution in [0.5, 0.6) is 0 Å². The zero-order chi connectivity index (χ0) is 19.5. The van der Waals surface area contributed by atoms with Gasteiger partial charge in [0.25, 0.3) is 0 Å². The Kier molecular flexibility index (Phi) is 5.53. The first-order valence-electron chi connectivity index (χ1n) is 9.81. The third-order valence-corrected chi connectivity index (χ3v) is 5.76. The number of carbonyl (C=O) groups is 2. The van der Waals surface area contributed by atoms with Gasteiger partial charge in [-0.25, -0.2) is 4.79 Å². The molecule has 0 saturated carbocycles. The zero-order valence-electron chi connectivity index (χ0n) is 15.7. The molecule has 6 heteroatoms. The molecule has 146 valence electrons. The molecule has 2 aromatic carbocycles. The second-order valence-corrected chi connectivity index (χ2v) is 7.82. The number of halogens is 1. The van der Waals surface area contributed by atoms with E-state index < -0.39 is 0 Å². The Bertz CT molecular complexity index is 868. The molecule has 0 aliphatic carbocycles. The molecule has 0 radical (unpaired) electrons. The van der Waals surface area contributed by atoms with Crippen LogP contribution in [0.3, 0.4) is 0 Å². The topological polar surface area (TPSA) is 52.7 Å². The van der Waals surface area contributed by atoms with Gasteiger partial charge < -0.3 is 15.1 Å². The summed E-state index contributed by atoms with van der Waals surface area (Å²) >= 11 is 5.99. The van der Waals surface area contributed by atoms with Crippen molar-refractivity contribution >= 4 is 29.2 Å².